The number of carbonyl (C=O) groups excluding carboxylic acids is 2. The number of pyridine rings is 1. The minimum atomic E-state index is -0.350. The molecule has 1 fully saturated rings. The van der Waals surface area contributed by atoms with Crippen molar-refractivity contribution < 1.29 is 9.59 Å². The van der Waals surface area contributed by atoms with Crippen LogP contribution in [-0.2, 0) is 4.79 Å². The summed E-state index contributed by atoms with van der Waals surface area (Å²) in [5.41, 5.74) is 2.50. The smallest absolute Gasteiger partial charge is 0.311 e. The largest absolute Gasteiger partial charge is 0.324 e. The monoisotopic (exact) mass is 310 g/mol. The topological polar surface area (TPSA) is 74.3 Å². The molecule has 0 unspecified atom stereocenters. The summed E-state index contributed by atoms with van der Waals surface area (Å²) in [7, 11) is 0. The van der Waals surface area contributed by atoms with Crippen molar-refractivity contribution in [2.24, 2.45) is 0 Å². The maximum atomic E-state index is 12.0. The Kier molecular flexibility index (Phi) is 4.23. The van der Waals surface area contributed by atoms with Crippen molar-refractivity contribution >= 4 is 29.1 Å². The summed E-state index contributed by atoms with van der Waals surface area (Å²) in [6.07, 6.45) is 3.06. The van der Waals surface area contributed by atoms with Crippen LogP contribution in [0.15, 0.2) is 42.6 Å². The molecule has 2 N–H and O–H groups in total. The number of amides is 3. The van der Waals surface area contributed by atoms with E-state index in [0.717, 1.165) is 29.9 Å². The van der Waals surface area contributed by atoms with E-state index in [1.165, 1.54) is 0 Å². The molecule has 0 saturated carbocycles. The number of rotatable bonds is 3. The van der Waals surface area contributed by atoms with Crippen molar-refractivity contribution in [3.63, 3.8) is 0 Å². The van der Waals surface area contributed by atoms with Gasteiger partial charge in [0.05, 0.1) is 11.9 Å². The predicted molar refractivity (Wildman–Crippen MR) is 89.6 cm³/mol. The second-order valence-electron chi connectivity index (χ2n) is 5.44. The third-order valence-electron chi connectivity index (χ3n) is 3.77. The number of nitrogens with zero attached hydrogens (tertiary/aromatic N) is 2. The minimum Gasteiger partial charge on any atom is -0.311 e. The zero-order chi connectivity index (χ0) is 16.2. The number of anilines is 3. The summed E-state index contributed by atoms with van der Waals surface area (Å²) in [5, 5.41) is 5.46. The van der Waals surface area contributed by atoms with Gasteiger partial charge in [0.1, 0.15) is 5.82 Å². The van der Waals surface area contributed by atoms with E-state index in [9.17, 15) is 9.59 Å². The fourth-order valence-electron chi connectivity index (χ4n) is 2.52. The van der Waals surface area contributed by atoms with Crippen LogP contribution in [0, 0.1) is 6.92 Å². The van der Waals surface area contributed by atoms with Crippen LogP contribution in [0.5, 0.6) is 0 Å². The first-order valence-electron chi connectivity index (χ1n) is 7.53. The van der Waals surface area contributed by atoms with Gasteiger partial charge in [-0.1, -0.05) is 18.2 Å². The SMILES string of the molecule is Cc1ccccc1NC(=O)Nc1ccc(N2CCCC2=O)cn1. The molecule has 1 aromatic carbocycles. The summed E-state index contributed by atoms with van der Waals surface area (Å²) in [4.78, 5) is 29.6. The van der Waals surface area contributed by atoms with E-state index in [-0.39, 0.29) is 11.9 Å². The van der Waals surface area contributed by atoms with E-state index in [1.54, 1.807) is 23.2 Å². The fraction of sp³-hybridized carbons (Fsp3) is 0.235. The fourth-order valence-corrected chi connectivity index (χ4v) is 2.52. The number of aromatic nitrogens is 1. The van der Waals surface area contributed by atoms with E-state index in [0.29, 0.717) is 12.2 Å². The number of nitrogens with one attached hydrogen (secondary N) is 2. The lowest BCUT2D eigenvalue weighted by Gasteiger charge is -2.15. The molecule has 1 aromatic heterocycles. The summed E-state index contributed by atoms with van der Waals surface area (Å²) in [5.74, 6) is 0.552. The van der Waals surface area contributed by atoms with Gasteiger partial charge in [-0.25, -0.2) is 9.78 Å². The van der Waals surface area contributed by atoms with Gasteiger partial charge in [0, 0.05) is 18.7 Å². The van der Waals surface area contributed by atoms with Crippen LogP contribution in [0.2, 0.25) is 0 Å². The molecule has 6 nitrogen and oxygen atoms in total. The molecule has 0 radical (unpaired) electrons. The third-order valence-corrected chi connectivity index (χ3v) is 3.77. The van der Waals surface area contributed by atoms with E-state index < -0.39 is 0 Å². The summed E-state index contributed by atoms with van der Waals surface area (Å²) in [6, 6.07) is 10.7. The lowest BCUT2D eigenvalue weighted by molar-refractivity contribution is -0.117. The highest BCUT2D eigenvalue weighted by molar-refractivity contribution is 6.00. The van der Waals surface area contributed by atoms with Gasteiger partial charge in [-0.3, -0.25) is 10.1 Å². The average Bonchev–Trinajstić information content (AvgIpc) is 2.96. The Balaban J connectivity index is 1.63. The van der Waals surface area contributed by atoms with E-state index in [1.807, 2.05) is 31.2 Å². The van der Waals surface area contributed by atoms with E-state index in [4.69, 9.17) is 0 Å². The van der Waals surface area contributed by atoms with Crippen LogP contribution >= 0.6 is 0 Å². The molecule has 3 rings (SSSR count). The molecule has 0 spiro atoms. The summed E-state index contributed by atoms with van der Waals surface area (Å²) < 4.78 is 0. The van der Waals surface area contributed by atoms with E-state index >= 15 is 0 Å². The molecule has 1 aliphatic rings. The van der Waals surface area contributed by atoms with E-state index in [2.05, 4.69) is 15.6 Å². The number of hydrogen-bond acceptors (Lipinski definition) is 3. The van der Waals surface area contributed by atoms with Gasteiger partial charge >= 0.3 is 6.03 Å². The molecule has 0 aliphatic carbocycles. The highest BCUT2D eigenvalue weighted by Gasteiger charge is 2.21. The molecule has 2 heterocycles. The quantitative estimate of drug-likeness (QED) is 0.914. The van der Waals surface area contributed by atoms with Crippen LogP contribution < -0.4 is 15.5 Å². The maximum Gasteiger partial charge on any atom is 0.324 e. The third kappa shape index (κ3) is 3.48. The lowest BCUT2D eigenvalue weighted by atomic mass is 10.2. The van der Waals surface area contributed by atoms with Gasteiger partial charge in [0.2, 0.25) is 5.91 Å². The number of para-hydroxylation sites is 1. The highest BCUT2D eigenvalue weighted by Crippen LogP contribution is 2.21. The van der Waals surface area contributed by atoms with Gasteiger partial charge in [-0.05, 0) is 37.1 Å². The van der Waals surface area contributed by atoms with Crippen molar-refractivity contribution in [2.75, 3.05) is 22.1 Å². The zero-order valence-corrected chi connectivity index (χ0v) is 12.9. The Morgan fingerprint density at radius 3 is 2.65 bits per heavy atom. The van der Waals surface area contributed by atoms with Gasteiger partial charge in [-0.2, -0.15) is 0 Å². The molecular weight excluding hydrogens is 292 g/mol. The van der Waals surface area contributed by atoms with Gasteiger partial charge < -0.3 is 10.2 Å². The molecule has 0 atom stereocenters. The Morgan fingerprint density at radius 2 is 2.00 bits per heavy atom. The molecular formula is C17H18N4O2. The van der Waals surface area contributed by atoms with Crippen molar-refractivity contribution in [2.45, 2.75) is 19.8 Å². The summed E-state index contributed by atoms with van der Waals surface area (Å²) in [6.45, 7) is 2.65. The van der Waals surface area contributed by atoms with Crippen LogP contribution in [0.1, 0.15) is 18.4 Å². The molecule has 1 saturated heterocycles. The first-order chi connectivity index (χ1) is 11.1. The van der Waals surface area contributed by atoms with Crippen molar-refractivity contribution in [3.8, 4) is 0 Å². The highest BCUT2D eigenvalue weighted by atomic mass is 16.2. The van der Waals surface area contributed by atoms with Crippen molar-refractivity contribution in [1.29, 1.82) is 0 Å². The second kappa shape index (κ2) is 6.48. The molecule has 1 aliphatic heterocycles. The number of hydrogen-bond donors (Lipinski definition) is 2. The van der Waals surface area contributed by atoms with Gasteiger partial charge in [-0.15, -0.1) is 0 Å². The Morgan fingerprint density at radius 1 is 1.17 bits per heavy atom. The lowest BCUT2D eigenvalue weighted by Crippen LogP contribution is -2.24. The van der Waals surface area contributed by atoms with Gasteiger partial charge in [0.15, 0.2) is 0 Å². The number of carbonyl (C=O) groups is 2. The zero-order valence-electron chi connectivity index (χ0n) is 12.9. The molecule has 3 amide bonds. The standard InChI is InChI=1S/C17H18N4O2/c1-12-5-2-3-6-14(12)19-17(23)20-15-9-8-13(11-18-15)21-10-4-7-16(21)22/h2-3,5-6,8-9,11H,4,7,10H2,1H3,(H2,18,19,20,23). The summed E-state index contributed by atoms with van der Waals surface area (Å²) >= 11 is 0. The first-order valence-corrected chi connectivity index (χ1v) is 7.53. The van der Waals surface area contributed by atoms with Crippen LogP contribution in [0.3, 0.4) is 0 Å². The first kappa shape index (κ1) is 15.0. The minimum absolute atomic E-state index is 0.116. The maximum absolute atomic E-state index is 12.0. The predicted octanol–water partition coefficient (Wildman–Crippen LogP) is 3.16. The second-order valence-corrected chi connectivity index (χ2v) is 5.44. The normalized spacial score (nSPS) is 14.0. The molecule has 23 heavy (non-hydrogen) atoms. The molecule has 118 valence electrons. The number of urea groups is 1. The average molecular weight is 310 g/mol. The van der Waals surface area contributed by atoms with Crippen molar-refractivity contribution in [1.82, 2.24) is 4.98 Å². The van der Waals surface area contributed by atoms with Crippen LogP contribution in [-0.4, -0.2) is 23.5 Å². The van der Waals surface area contributed by atoms with Crippen LogP contribution in [0.4, 0.5) is 22.0 Å². The molecule has 0 bridgehead atoms. The Hall–Kier alpha value is -2.89. The Bertz CT molecular complexity index is 728. The van der Waals surface area contributed by atoms with Gasteiger partial charge in [0.25, 0.3) is 0 Å². The molecule has 6 heteroatoms. The molecule has 2 aromatic rings. The number of aryl methyl sites for hydroxylation is 1. The Labute approximate surface area is 134 Å². The van der Waals surface area contributed by atoms with Crippen molar-refractivity contribution in [3.05, 3.63) is 48.2 Å². The van der Waals surface area contributed by atoms with Crippen LogP contribution in [0.25, 0.3) is 0 Å². The number of benzene rings is 1.